The number of rotatable bonds is 7. The molecule has 3 N–H and O–H groups in total. The fraction of sp³-hybridized carbons (Fsp3) is 0.179. The molecule has 6 aromatic rings. The monoisotopic (exact) mass is 507 g/mol. The molecular formula is C28H25N7OS. The Morgan fingerprint density at radius 1 is 1.00 bits per heavy atom. The van der Waals surface area contributed by atoms with Crippen LogP contribution < -0.4 is 5.32 Å². The van der Waals surface area contributed by atoms with E-state index in [-0.39, 0.29) is 5.91 Å². The number of unbranched alkanes of at least 4 members (excludes halogenated alkanes) is 1. The van der Waals surface area contributed by atoms with Crippen LogP contribution in [0.4, 0.5) is 5.69 Å². The molecule has 0 aliphatic heterocycles. The van der Waals surface area contributed by atoms with Crippen molar-refractivity contribution in [3.8, 4) is 33.0 Å². The maximum absolute atomic E-state index is 12.2. The van der Waals surface area contributed by atoms with Gasteiger partial charge in [-0.15, -0.1) is 11.3 Å². The second kappa shape index (κ2) is 9.59. The Balaban J connectivity index is 1.37. The van der Waals surface area contributed by atoms with Crippen LogP contribution in [0.5, 0.6) is 0 Å². The van der Waals surface area contributed by atoms with E-state index in [1.165, 1.54) is 9.75 Å². The number of pyridine rings is 3. The molecule has 37 heavy (non-hydrogen) atoms. The fourth-order valence-electron chi connectivity index (χ4n) is 4.44. The quantitative estimate of drug-likeness (QED) is 0.222. The number of nitrogens with one attached hydrogen (secondary N) is 3. The van der Waals surface area contributed by atoms with Gasteiger partial charge in [0.2, 0.25) is 5.91 Å². The number of hydrogen-bond acceptors (Lipinski definition) is 6. The van der Waals surface area contributed by atoms with E-state index in [1.807, 2.05) is 18.3 Å². The second-order valence-corrected chi connectivity index (χ2v) is 10.3. The molecule has 0 spiro atoms. The Bertz CT molecular complexity index is 1750. The van der Waals surface area contributed by atoms with Crippen molar-refractivity contribution in [3.63, 3.8) is 0 Å². The zero-order valence-corrected chi connectivity index (χ0v) is 21.3. The number of carbonyl (C=O) groups excluding carboxylic acids is 1. The highest BCUT2D eigenvalue weighted by molar-refractivity contribution is 7.15. The summed E-state index contributed by atoms with van der Waals surface area (Å²) in [6, 6.07) is 12.4. The molecule has 9 heteroatoms. The maximum atomic E-state index is 12.2. The van der Waals surface area contributed by atoms with Gasteiger partial charge in [0.15, 0.2) is 5.65 Å². The number of aromatic amines is 2. The van der Waals surface area contributed by atoms with Gasteiger partial charge < -0.3 is 10.3 Å². The number of aryl methyl sites for hydroxylation is 1. The third-order valence-electron chi connectivity index (χ3n) is 6.32. The van der Waals surface area contributed by atoms with Gasteiger partial charge in [0.05, 0.1) is 17.6 Å². The van der Waals surface area contributed by atoms with Gasteiger partial charge in [-0.25, -0.2) is 9.97 Å². The van der Waals surface area contributed by atoms with Crippen molar-refractivity contribution in [1.82, 2.24) is 30.1 Å². The van der Waals surface area contributed by atoms with Crippen molar-refractivity contribution < 1.29 is 4.79 Å². The van der Waals surface area contributed by atoms with E-state index in [4.69, 9.17) is 0 Å². The normalized spacial score (nSPS) is 11.4. The number of anilines is 1. The van der Waals surface area contributed by atoms with Crippen molar-refractivity contribution in [2.24, 2.45) is 0 Å². The minimum atomic E-state index is -0.00371. The number of hydrogen-bond donors (Lipinski definition) is 3. The smallest absolute Gasteiger partial charge is 0.224 e. The van der Waals surface area contributed by atoms with E-state index < -0.39 is 0 Å². The lowest BCUT2D eigenvalue weighted by Gasteiger charge is -2.07. The van der Waals surface area contributed by atoms with E-state index >= 15 is 0 Å². The third-order valence-corrected chi connectivity index (χ3v) is 7.36. The van der Waals surface area contributed by atoms with Crippen LogP contribution in [-0.2, 0) is 4.79 Å². The van der Waals surface area contributed by atoms with Gasteiger partial charge >= 0.3 is 0 Å². The minimum Gasteiger partial charge on any atom is -0.338 e. The summed E-state index contributed by atoms with van der Waals surface area (Å²) in [5.41, 5.74) is 6.71. The summed E-state index contributed by atoms with van der Waals surface area (Å²) in [6.07, 6.45) is 9.38. The van der Waals surface area contributed by atoms with E-state index in [2.05, 4.69) is 73.6 Å². The van der Waals surface area contributed by atoms with E-state index in [1.54, 1.807) is 29.9 Å². The molecule has 0 saturated heterocycles. The average Bonchev–Trinajstić information content (AvgIpc) is 3.64. The zero-order chi connectivity index (χ0) is 25.4. The molecule has 0 aliphatic rings. The summed E-state index contributed by atoms with van der Waals surface area (Å²) >= 11 is 1.77. The van der Waals surface area contributed by atoms with Crippen LogP contribution in [0.15, 0.2) is 61.2 Å². The maximum Gasteiger partial charge on any atom is 0.224 e. The SMILES string of the molecule is CCCCC(=O)Nc1cncc(-c2cnc3[nH]nc(-c4cc5c(-c6ccc(C)s6)ccnc5[nH]4)c3c2)c1. The summed E-state index contributed by atoms with van der Waals surface area (Å²) in [6.45, 7) is 4.18. The predicted octanol–water partition coefficient (Wildman–Crippen LogP) is 6.73. The van der Waals surface area contributed by atoms with Crippen molar-refractivity contribution in [2.75, 3.05) is 5.32 Å². The molecule has 0 saturated carbocycles. The van der Waals surface area contributed by atoms with E-state index in [0.29, 0.717) is 17.8 Å². The molecule has 0 aliphatic carbocycles. The number of aromatic nitrogens is 6. The number of carbonyl (C=O) groups is 1. The molecule has 6 aromatic heterocycles. The molecule has 184 valence electrons. The standard InChI is InChI=1S/C28H25N7OS/c1-3-4-5-25(36)32-19-10-17(13-29-15-19)18-11-22-26(34-35-28(22)31-14-18)23-12-21-20(8-9-30-27(21)33-23)24-7-6-16(2)37-24/h6-15H,3-5H2,1-2H3,(H,30,33)(H,32,36)(H,31,34,35). The van der Waals surface area contributed by atoms with Crippen molar-refractivity contribution in [2.45, 2.75) is 33.1 Å². The Morgan fingerprint density at radius 3 is 2.73 bits per heavy atom. The molecule has 0 unspecified atom stereocenters. The van der Waals surface area contributed by atoms with Gasteiger partial charge in [-0.2, -0.15) is 5.10 Å². The fourth-order valence-corrected chi connectivity index (χ4v) is 5.35. The average molecular weight is 508 g/mol. The Hall–Kier alpha value is -4.37. The third kappa shape index (κ3) is 4.49. The summed E-state index contributed by atoms with van der Waals surface area (Å²) in [4.78, 5) is 31.6. The molecule has 0 fully saturated rings. The Kier molecular flexibility index (Phi) is 5.97. The number of fused-ring (bicyclic) bond motifs is 2. The number of thiophene rings is 1. The van der Waals surface area contributed by atoms with Crippen molar-refractivity contribution in [3.05, 3.63) is 66.1 Å². The highest BCUT2D eigenvalue weighted by Gasteiger charge is 2.16. The van der Waals surface area contributed by atoms with E-state index in [0.717, 1.165) is 57.3 Å². The van der Waals surface area contributed by atoms with Crippen LogP contribution in [0.2, 0.25) is 0 Å². The van der Waals surface area contributed by atoms with Crippen LogP contribution in [0.1, 0.15) is 31.1 Å². The summed E-state index contributed by atoms with van der Waals surface area (Å²) in [7, 11) is 0. The van der Waals surface area contributed by atoms with Gasteiger partial charge in [0.1, 0.15) is 11.3 Å². The van der Waals surface area contributed by atoms with E-state index in [9.17, 15) is 4.79 Å². The second-order valence-electron chi connectivity index (χ2n) is 9.02. The first-order valence-electron chi connectivity index (χ1n) is 12.2. The van der Waals surface area contributed by atoms with Crippen LogP contribution in [0, 0.1) is 6.92 Å². The molecule has 0 atom stereocenters. The zero-order valence-electron chi connectivity index (χ0n) is 20.5. The lowest BCUT2D eigenvalue weighted by atomic mass is 10.1. The lowest BCUT2D eigenvalue weighted by molar-refractivity contribution is -0.116. The molecule has 0 radical (unpaired) electrons. The number of H-pyrrole nitrogens is 2. The molecule has 1 amide bonds. The summed E-state index contributed by atoms with van der Waals surface area (Å²) in [5.74, 6) is -0.00371. The minimum absolute atomic E-state index is 0.00371. The van der Waals surface area contributed by atoms with Crippen LogP contribution in [-0.4, -0.2) is 36.0 Å². The van der Waals surface area contributed by atoms with Crippen LogP contribution in [0.3, 0.4) is 0 Å². The lowest BCUT2D eigenvalue weighted by Crippen LogP contribution is -2.11. The topological polar surface area (TPSA) is 112 Å². The van der Waals surface area contributed by atoms with Gasteiger partial charge in [0.25, 0.3) is 0 Å². The van der Waals surface area contributed by atoms with Crippen LogP contribution in [0.25, 0.3) is 55.0 Å². The molecule has 0 bridgehead atoms. The Morgan fingerprint density at radius 2 is 1.89 bits per heavy atom. The number of nitrogens with zero attached hydrogens (tertiary/aromatic N) is 4. The first kappa shape index (κ1) is 23.1. The first-order valence-corrected chi connectivity index (χ1v) is 13.0. The highest BCUT2D eigenvalue weighted by Crippen LogP contribution is 2.36. The molecular weight excluding hydrogens is 482 g/mol. The van der Waals surface area contributed by atoms with Gasteiger partial charge in [-0.05, 0) is 49.7 Å². The largest absolute Gasteiger partial charge is 0.338 e. The molecule has 0 aromatic carbocycles. The highest BCUT2D eigenvalue weighted by atomic mass is 32.1. The van der Waals surface area contributed by atoms with Gasteiger partial charge in [-0.1, -0.05) is 13.3 Å². The molecule has 8 nitrogen and oxygen atoms in total. The first-order chi connectivity index (χ1) is 18.1. The van der Waals surface area contributed by atoms with Crippen molar-refractivity contribution in [1.29, 1.82) is 0 Å². The summed E-state index contributed by atoms with van der Waals surface area (Å²) < 4.78 is 0. The number of amides is 1. The van der Waals surface area contributed by atoms with Crippen LogP contribution >= 0.6 is 11.3 Å². The molecule has 6 rings (SSSR count). The van der Waals surface area contributed by atoms with Gasteiger partial charge in [0, 0.05) is 62.2 Å². The van der Waals surface area contributed by atoms with Crippen molar-refractivity contribution >= 4 is 45.0 Å². The summed E-state index contributed by atoms with van der Waals surface area (Å²) in [5, 5.41) is 12.5. The predicted molar refractivity (Wildman–Crippen MR) is 148 cm³/mol. The Labute approximate surface area is 217 Å². The van der Waals surface area contributed by atoms with Gasteiger partial charge in [-0.3, -0.25) is 14.9 Å². The molecule has 6 heterocycles.